The van der Waals surface area contributed by atoms with Crippen LogP contribution < -0.4 is 5.32 Å². The highest BCUT2D eigenvalue weighted by Gasteiger charge is 2.34. The molecular weight excluding hydrogens is 305 g/mol. The first kappa shape index (κ1) is 13.3. The van der Waals surface area contributed by atoms with E-state index in [0.717, 1.165) is 0 Å². The van der Waals surface area contributed by atoms with E-state index >= 15 is 0 Å². The molecule has 0 aliphatic heterocycles. The molecule has 1 aliphatic rings. The van der Waals surface area contributed by atoms with Gasteiger partial charge < -0.3 is 5.32 Å². The fourth-order valence-corrected chi connectivity index (χ4v) is 2.86. The first-order chi connectivity index (χ1) is 8.06. The largest absolute Gasteiger partial charge is 0.313 e. The number of benzene rings is 1. The van der Waals surface area contributed by atoms with Gasteiger partial charge in [-0.25, -0.2) is 4.39 Å². The van der Waals surface area contributed by atoms with Gasteiger partial charge in [0, 0.05) is 16.1 Å². The SMILES string of the molecule is CNC(c1ccc(Br)c(Cl)c1F)C(C)C1CC1. The Hall–Kier alpha value is -0.120. The van der Waals surface area contributed by atoms with Crippen LogP contribution in [-0.4, -0.2) is 7.05 Å². The van der Waals surface area contributed by atoms with E-state index in [-0.39, 0.29) is 16.9 Å². The molecule has 0 heterocycles. The molecule has 2 atom stereocenters. The molecule has 1 N–H and O–H groups in total. The summed E-state index contributed by atoms with van der Waals surface area (Å²) < 4.78 is 14.7. The van der Waals surface area contributed by atoms with Crippen LogP contribution in [0, 0.1) is 17.7 Å². The molecule has 1 saturated carbocycles. The highest BCUT2D eigenvalue weighted by molar-refractivity contribution is 9.10. The van der Waals surface area contributed by atoms with Crippen molar-refractivity contribution in [1.82, 2.24) is 5.32 Å². The van der Waals surface area contributed by atoms with Crippen molar-refractivity contribution in [2.24, 2.45) is 11.8 Å². The fraction of sp³-hybridized carbons (Fsp3) is 0.538. The van der Waals surface area contributed by atoms with Crippen LogP contribution >= 0.6 is 27.5 Å². The maximum Gasteiger partial charge on any atom is 0.147 e. The van der Waals surface area contributed by atoms with E-state index in [1.54, 1.807) is 0 Å². The maximum atomic E-state index is 14.1. The molecule has 1 aromatic rings. The van der Waals surface area contributed by atoms with Gasteiger partial charge in [0.15, 0.2) is 0 Å². The van der Waals surface area contributed by atoms with Crippen LogP contribution in [0.3, 0.4) is 0 Å². The van der Waals surface area contributed by atoms with Crippen molar-refractivity contribution in [3.63, 3.8) is 0 Å². The summed E-state index contributed by atoms with van der Waals surface area (Å²) in [6, 6.07) is 3.66. The van der Waals surface area contributed by atoms with Gasteiger partial charge in [-0.3, -0.25) is 0 Å². The molecule has 0 saturated heterocycles. The number of hydrogen-bond acceptors (Lipinski definition) is 1. The van der Waals surface area contributed by atoms with Crippen molar-refractivity contribution < 1.29 is 4.39 Å². The van der Waals surface area contributed by atoms with Gasteiger partial charge in [-0.05, 0) is 53.7 Å². The molecule has 0 amide bonds. The third kappa shape index (κ3) is 2.67. The monoisotopic (exact) mass is 319 g/mol. The fourth-order valence-electron chi connectivity index (χ4n) is 2.38. The van der Waals surface area contributed by atoms with Crippen molar-refractivity contribution in [2.75, 3.05) is 7.05 Å². The van der Waals surface area contributed by atoms with Crippen LogP contribution in [0.25, 0.3) is 0 Å². The average Bonchev–Trinajstić information content (AvgIpc) is 3.13. The van der Waals surface area contributed by atoms with Crippen molar-refractivity contribution in [3.8, 4) is 0 Å². The Morgan fingerprint density at radius 3 is 2.65 bits per heavy atom. The lowest BCUT2D eigenvalue weighted by Gasteiger charge is -2.24. The van der Waals surface area contributed by atoms with Gasteiger partial charge in [0.25, 0.3) is 0 Å². The summed E-state index contributed by atoms with van der Waals surface area (Å²) in [5.74, 6) is 0.842. The molecule has 0 spiro atoms. The van der Waals surface area contributed by atoms with Crippen molar-refractivity contribution in [3.05, 3.63) is 33.0 Å². The Morgan fingerprint density at radius 1 is 1.47 bits per heavy atom. The Labute approximate surface area is 115 Å². The molecule has 1 aromatic carbocycles. The van der Waals surface area contributed by atoms with Crippen molar-refractivity contribution >= 4 is 27.5 Å². The highest BCUT2D eigenvalue weighted by Crippen LogP contribution is 2.43. The van der Waals surface area contributed by atoms with Crippen LogP contribution in [0.2, 0.25) is 5.02 Å². The van der Waals surface area contributed by atoms with E-state index in [1.807, 2.05) is 19.2 Å². The summed E-state index contributed by atoms with van der Waals surface area (Å²) >= 11 is 9.17. The predicted molar refractivity (Wildman–Crippen MR) is 72.8 cm³/mol. The van der Waals surface area contributed by atoms with Gasteiger partial charge in [0.1, 0.15) is 5.82 Å². The summed E-state index contributed by atoms with van der Waals surface area (Å²) in [4.78, 5) is 0. The van der Waals surface area contributed by atoms with Gasteiger partial charge in [-0.1, -0.05) is 24.6 Å². The van der Waals surface area contributed by atoms with E-state index in [4.69, 9.17) is 11.6 Å². The Balaban J connectivity index is 2.33. The first-order valence-electron chi connectivity index (χ1n) is 5.87. The van der Waals surface area contributed by atoms with E-state index in [2.05, 4.69) is 28.2 Å². The van der Waals surface area contributed by atoms with Gasteiger partial charge in [0.05, 0.1) is 5.02 Å². The van der Waals surface area contributed by atoms with Crippen molar-refractivity contribution in [2.45, 2.75) is 25.8 Å². The van der Waals surface area contributed by atoms with Crippen LogP contribution in [0.5, 0.6) is 0 Å². The zero-order chi connectivity index (χ0) is 12.6. The minimum absolute atomic E-state index is 0.0353. The third-order valence-electron chi connectivity index (χ3n) is 3.60. The first-order valence-corrected chi connectivity index (χ1v) is 7.04. The van der Waals surface area contributed by atoms with Gasteiger partial charge in [-0.2, -0.15) is 0 Å². The lowest BCUT2D eigenvalue weighted by Crippen LogP contribution is -2.25. The molecule has 0 bridgehead atoms. The van der Waals surface area contributed by atoms with Gasteiger partial charge in [-0.15, -0.1) is 0 Å². The smallest absolute Gasteiger partial charge is 0.147 e. The third-order valence-corrected chi connectivity index (χ3v) is 4.86. The minimum atomic E-state index is -0.312. The van der Waals surface area contributed by atoms with Crippen molar-refractivity contribution in [1.29, 1.82) is 0 Å². The summed E-state index contributed by atoms with van der Waals surface area (Å²) in [7, 11) is 1.87. The summed E-state index contributed by atoms with van der Waals surface area (Å²) in [6.45, 7) is 2.17. The van der Waals surface area contributed by atoms with E-state index in [9.17, 15) is 4.39 Å². The number of hydrogen-bond donors (Lipinski definition) is 1. The topological polar surface area (TPSA) is 12.0 Å². The second kappa shape index (κ2) is 5.25. The van der Waals surface area contributed by atoms with Gasteiger partial charge >= 0.3 is 0 Å². The van der Waals surface area contributed by atoms with Crippen LogP contribution in [0.4, 0.5) is 4.39 Å². The molecule has 4 heteroatoms. The van der Waals surface area contributed by atoms with Gasteiger partial charge in [0.2, 0.25) is 0 Å². The Kier molecular flexibility index (Phi) is 4.11. The van der Waals surface area contributed by atoms with Crippen LogP contribution in [0.1, 0.15) is 31.4 Å². The number of halogens is 3. The lowest BCUT2D eigenvalue weighted by molar-refractivity contribution is 0.358. The molecular formula is C13H16BrClFN. The minimum Gasteiger partial charge on any atom is -0.313 e. The summed E-state index contributed by atoms with van der Waals surface area (Å²) in [6.07, 6.45) is 2.51. The molecule has 0 aromatic heterocycles. The van der Waals surface area contributed by atoms with Crippen LogP contribution in [-0.2, 0) is 0 Å². The number of rotatable bonds is 4. The van der Waals surface area contributed by atoms with E-state index < -0.39 is 0 Å². The van der Waals surface area contributed by atoms with E-state index in [1.165, 1.54) is 12.8 Å². The average molecular weight is 321 g/mol. The lowest BCUT2D eigenvalue weighted by atomic mass is 9.90. The molecule has 1 aliphatic carbocycles. The highest BCUT2D eigenvalue weighted by atomic mass is 79.9. The Morgan fingerprint density at radius 2 is 2.12 bits per heavy atom. The molecule has 2 unspecified atom stereocenters. The molecule has 1 fully saturated rings. The standard InChI is InChI=1S/C13H16BrClFN/c1-7(8-3-4-8)13(17-2)9-5-6-10(14)11(15)12(9)16/h5-8,13,17H,3-4H2,1-2H3. The molecule has 2 rings (SSSR count). The normalized spacial score (nSPS) is 19.1. The zero-order valence-electron chi connectivity index (χ0n) is 9.93. The predicted octanol–water partition coefficient (Wildman–Crippen LogP) is 4.55. The second-order valence-corrected chi connectivity index (χ2v) is 5.96. The molecule has 94 valence electrons. The van der Waals surface area contributed by atoms with Crippen LogP contribution in [0.15, 0.2) is 16.6 Å². The molecule has 0 radical (unpaired) electrons. The second-order valence-electron chi connectivity index (χ2n) is 4.73. The maximum absolute atomic E-state index is 14.1. The zero-order valence-corrected chi connectivity index (χ0v) is 12.3. The molecule has 1 nitrogen and oxygen atoms in total. The summed E-state index contributed by atoms with van der Waals surface area (Å²) in [5, 5.41) is 3.39. The number of nitrogens with one attached hydrogen (secondary N) is 1. The summed E-state index contributed by atoms with van der Waals surface area (Å²) in [5.41, 5.74) is 0.667. The molecule has 17 heavy (non-hydrogen) atoms. The Bertz CT molecular complexity index is 420. The van der Waals surface area contributed by atoms with E-state index in [0.29, 0.717) is 21.9 Å². The quantitative estimate of drug-likeness (QED) is 0.803.